The number of amides is 1. The minimum Gasteiger partial charge on any atom is -0.476 e. The second-order valence-corrected chi connectivity index (χ2v) is 9.60. The fourth-order valence-electron chi connectivity index (χ4n) is 2.82. The van der Waals surface area contributed by atoms with Crippen molar-refractivity contribution in [3.8, 4) is 16.3 Å². The lowest BCUT2D eigenvalue weighted by molar-refractivity contribution is -0.122. The van der Waals surface area contributed by atoms with Crippen LogP contribution in [-0.4, -0.2) is 43.4 Å². The summed E-state index contributed by atoms with van der Waals surface area (Å²) in [6, 6.07) is 13.8. The molecule has 150 valence electrons. The normalized spacial score (nSPS) is 16.1. The number of fused-ring (bicyclic) bond motifs is 1. The third-order valence-corrected chi connectivity index (χ3v) is 6.46. The number of aromatic nitrogens is 2. The summed E-state index contributed by atoms with van der Waals surface area (Å²) in [4.78, 5) is 12.7. The minimum absolute atomic E-state index is 0.134. The lowest BCUT2D eigenvalue weighted by Crippen LogP contribution is -2.48. The SMILES string of the molecule is CS(=O)(=O)N1C[C@@H](C(=O)Nc2nnc(-c3ccc(Cl)cc3)s2)Oc2ccccc21. The Morgan fingerprint density at radius 3 is 2.66 bits per heavy atom. The molecule has 0 aliphatic carbocycles. The maximum absolute atomic E-state index is 12.7. The van der Waals surface area contributed by atoms with Crippen LogP contribution in [0.25, 0.3) is 10.6 Å². The summed E-state index contributed by atoms with van der Waals surface area (Å²) >= 11 is 7.08. The van der Waals surface area contributed by atoms with E-state index < -0.39 is 22.0 Å². The Morgan fingerprint density at radius 2 is 1.93 bits per heavy atom. The minimum atomic E-state index is -3.58. The van der Waals surface area contributed by atoms with Gasteiger partial charge in [-0.15, -0.1) is 10.2 Å². The van der Waals surface area contributed by atoms with E-state index in [2.05, 4.69) is 15.5 Å². The van der Waals surface area contributed by atoms with Gasteiger partial charge in [-0.2, -0.15) is 0 Å². The zero-order valence-electron chi connectivity index (χ0n) is 15.1. The van der Waals surface area contributed by atoms with E-state index >= 15 is 0 Å². The van der Waals surface area contributed by atoms with E-state index in [4.69, 9.17) is 16.3 Å². The summed E-state index contributed by atoms with van der Waals surface area (Å²) in [6.45, 7) is -0.134. The number of sulfonamides is 1. The number of hydrogen-bond acceptors (Lipinski definition) is 7. The Morgan fingerprint density at radius 1 is 1.21 bits per heavy atom. The molecule has 0 saturated carbocycles. The van der Waals surface area contributed by atoms with Crippen LogP contribution in [0.2, 0.25) is 5.02 Å². The van der Waals surface area contributed by atoms with Crippen LogP contribution in [-0.2, 0) is 14.8 Å². The van der Waals surface area contributed by atoms with Crippen LogP contribution in [0.15, 0.2) is 48.5 Å². The monoisotopic (exact) mass is 450 g/mol. The van der Waals surface area contributed by atoms with Gasteiger partial charge >= 0.3 is 0 Å². The highest BCUT2D eigenvalue weighted by atomic mass is 35.5. The molecule has 1 amide bonds. The molecule has 1 atom stereocenters. The van der Waals surface area contributed by atoms with Crippen LogP contribution >= 0.6 is 22.9 Å². The molecular weight excluding hydrogens is 436 g/mol. The summed E-state index contributed by atoms with van der Waals surface area (Å²) in [5, 5.41) is 12.2. The quantitative estimate of drug-likeness (QED) is 0.655. The number of benzene rings is 2. The highest BCUT2D eigenvalue weighted by Crippen LogP contribution is 2.35. The molecule has 0 spiro atoms. The molecule has 0 unspecified atom stereocenters. The first kappa shape index (κ1) is 19.6. The van der Waals surface area contributed by atoms with E-state index in [1.807, 2.05) is 0 Å². The Hall–Kier alpha value is -2.69. The number of anilines is 2. The fraction of sp³-hybridized carbons (Fsp3) is 0.167. The second kappa shape index (κ2) is 7.62. The predicted molar refractivity (Wildman–Crippen MR) is 112 cm³/mol. The van der Waals surface area contributed by atoms with Crippen LogP contribution in [0.1, 0.15) is 0 Å². The number of carbonyl (C=O) groups excluding carboxylic acids is 1. The molecule has 1 aliphatic rings. The van der Waals surface area contributed by atoms with E-state index in [9.17, 15) is 13.2 Å². The maximum Gasteiger partial charge on any atom is 0.269 e. The Bertz CT molecular complexity index is 1160. The predicted octanol–water partition coefficient (Wildman–Crippen LogP) is 3.02. The Labute approximate surface area is 176 Å². The van der Waals surface area contributed by atoms with Crippen molar-refractivity contribution in [1.29, 1.82) is 0 Å². The number of para-hydroxylation sites is 2. The summed E-state index contributed by atoms with van der Waals surface area (Å²) in [7, 11) is -3.58. The largest absolute Gasteiger partial charge is 0.476 e. The van der Waals surface area contributed by atoms with E-state index in [0.717, 1.165) is 16.1 Å². The van der Waals surface area contributed by atoms with Crippen molar-refractivity contribution in [3.63, 3.8) is 0 Å². The molecule has 3 aromatic rings. The molecule has 0 radical (unpaired) electrons. The first-order valence-electron chi connectivity index (χ1n) is 8.45. The zero-order chi connectivity index (χ0) is 20.6. The molecule has 4 rings (SSSR count). The van der Waals surface area contributed by atoms with Gasteiger partial charge in [0.25, 0.3) is 5.91 Å². The molecule has 2 heterocycles. The highest BCUT2D eigenvalue weighted by molar-refractivity contribution is 7.92. The van der Waals surface area contributed by atoms with Gasteiger partial charge < -0.3 is 4.74 Å². The van der Waals surface area contributed by atoms with E-state index in [0.29, 0.717) is 21.5 Å². The third kappa shape index (κ3) is 4.19. The molecule has 0 fully saturated rings. The van der Waals surface area contributed by atoms with Gasteiger partial charge in [-0.25, -0.2) is 8.42 Å². The molecule has 1 aromatic heterocycles. The maximum atomic E-state index is 12.7. The van der Waals surface area contributed by atoms with Gasteiger partial charge in [0.15, 0.2) is 6.10 Å². The van der Waals surface area contributed by atoms with Gasteiger partial charge in [0.1, 0.15) is 10.8 Å². The van der Waals surface area contributed by atoms with Crippen molar-refractivity contribution in [2.45, 2.75) is 6.10 Å². The average Bonchev–Trinajstić information content (AvgIpc) is 3.15. The number of nitrogens with one attached hydrogen (secondary N) is 1. The van der Waals surface area contributed by atoms with Gasteiger partial charge in [0.05, 0.1) is 18.5 Å². The van der Waals surface area contributed by atoms with E-state index in [-0.39, 0.29) is 11.7 Å². The van der Waals surface area contributed by atoms with Crippen molar-refractivity contribution >= 4 is 49.7 Å². The van der Waals surface area contributed by atoms with Crippen LogP contribution in [0.5, 0.6) is 5.75 Å². The number of nitrogens with zero attached hydrogens (tertiary/aromatic N) is 3. The first-order valence-corrected chi connectivity index (χ1v) is 11.5. The van der Waals surface area contributed by atoms with Crippen molar-refractivity contribution < 1.29 is 17.9 Å². The Kier molecular flexibility index (Phi) is 5.15. The number of halogens is 1. The van der Waals surface area contributed by atoms with Crippen LogP contribution in [0, 0.1) is 0 Å². The average molecular weight is 451 g/mol. The zero-order valence-corrected chi connectivity index (χ0v) is 17.5. The second-order valence-electron chi connectivity index (χ2n) is 6.28. The van der Waals surface area contributed by atoms with Crippen LogP contribution in [0.4, 0.5) is 10.8 Å². The first-order chi connectivity index (χ1) is 13.8. The van der Waals surface area contributed by atoms with Gasteiger partial charge in [-0.3, -0.25) is 14.4 Å². The van der Waals surface area contributed by atoms with Gasteiger partial charge in [-0.1, -0.05) is 47.2 Å². The molecule has 8 nitrogen and oxygen atoms in total. The molecule has 0 saturated heterocycles. The third-order valence-electron chi connectivity index (χ3n) is 4.17. The highest BCUT2D eigenvalue weighted by Gasteiger charge is 2.35. The van der Waals surface area contributed by atoms with Crippen molar-refractivity contribution in [1.82, 2.24) is 10.2 Å². The number of ether oxygens (including phenoxy) is 1. The lowest BCUT2D eigenvalue weighted by Gasteiger charge is -2.33. The molecule has 11 heteroatoms. The number of rotatable bonds is 4. The van der Waals surface area contributed by atoms with Crippen LogP contribution in [0.3, 0.4) is 0 Å². The van der Waals surface area contributed by atoms with E-state index in [1.165, 1.54) is 11.3 Å². The smallest absolute Gasteiger partial charge is 0.269 e. The summed E-state index contributed by atoms with van der Waals surface area (Å²) in [5.74, 6) is -0.185. The van der Waals surface area contributed by atoms with Crippen LogP contribution < -0.4 is 14.4 Å². The van der Waals surface area contributed by atoms with Gasteiger partial charge in [-0.05, 0) is 24.3 Å². The topological polar surface area (TPSA) is 101 Å². The van der Waals surface area contributed by atoms with Crippen molar-refractivity contribution in [2.75, 3.05) is 22.4 Å². The molecule has 2 aromatic carbocycles. The Balaban J connectivity index is 1.53. The van der Waals surface area contributed by atoms with E-state index in [1.54, 1.807) is 48.5 Å². The molecule has 0 bridgehead atoms. The number of carbonyl (C=O) groups is 1. The summed E-state index contributed by atoms with van der Waals surface area (Å²) in [5.41, 5.74) is 1.22. The lowest BCUT2D eigenvalue weighted by atomic mass is 10.2. The molecule has 1 N–H and O–H groups in total. The number of hydrogen-bond donors (Lipinski definition) is 1. The molecule has 1 aliphatic heterocycles. The van der Waals surface area contributed by atoms with Gasteiger partial charge in [0.2, 0.25) is 15.2 Å². The van der Waals surface area contributed by atoms with Crippen molar-refractivity contribution in [2.24, 2.45) is 0 Å². The molecule has 29 heavy (non-hydrogen) atoms. The van der Waals surface area contributed by atoms with Gasteiger partial charge in [0, 0.05) is 10.6 Å². The summed E-state index contributed by atoms with van der Waals surface area (Å²) in [6.07, 6.45) is 0.0650. The van der Waals surface area contributed by atoms with Crippen molar-refractivity contribution in [3.05, 3.63) is 53.6 Å². The standard InChI is InChI=1S/C18H15ClN4O4S2/c1-29(25,26)23-10-15(27-14-5-3-2-4-13(14)23)16(24)20-18-22-21-17(28-18)11-6-8-12(19)9-7-11/h2-9,15H,10H2,1H3,(H,20,22,24)/t15-/m0/s1. The summed E-state index contributed by atoms with van der Waals surface area (Å²) < 4.78 is 31.2. The molecular formula is C18H15ClN4O4S2. The fourth-order valence-corrected chi connectivity index (χ4v) is 4.61.